The molecule has 1 amide bonds. The molecule has 224 valence electrons. The first-order chi connectivity index (χ1) is 19.3. The average molecular weight is 588 g/mol. The Labute approximate surface area is 232 Å². The maximum absolute atomic E-state index is 13.7. The molecule has 0 bridgehead atoms. The van der Waals surface area contributed by atoms with Crippen LogP contribution in [0.1, 0.15) is 55.5 Å². The van der Waals surface area contributed by atoms with E-state index in [4.69, 9.17) is 5.11 Å². The van der Waals surface area contributed by atoms with Crippen molar-refractivity contribution < 1.29 is 41.0 Å². The molecule has 2 aliphatic rings. The Kier molecular flexibility index (Phi) is 9.27. The second kappa shape index (κ2) is 12.5. The number of carbonyl (C=O) groups is 2. The first-order valence-corrected chi connectivity index (χ1v) is 13.4. The number of alkyl halides is 6. The summed E-state index contributed by atoms with van der Waals surface area (Å²) in [6.07, 6.45) is -5.73. The molecule has 2 fully saturated rings. The number of anilines is 2. The minimum Gasteiger partial charge on any atom is -0.481 e. The second-order valence-electron chi connectivity index (χ2n) is 10.4. The SMILES string of the molecule is O=C(O)CCCC1CCN(c2cc(N3CC[C@H]3C(=O)NCCc3ccc(C(F)(F)F)cc3)nc(C(F)(F)F)n2)CC1. The van der Waals surface area contributed by atoms with Crippen LogP contribution in [0.2, 0.25) is 0 Å². The molecule has 0 spiro atoms. The summed E-state index contributed by atoms with van der Waals surface area (Å²) < 4.78 is 79.3. The lowest BCUT2D eigenvalue weighted by Gasteiger charge is -2.41. The lowest BCUT2D eigenvalue weighted by Crippen LogP contribution is -2.57. The van der Waals surface area contributed by atoms with Crippen LogP contribution in [0.5, 0.6) is 0 Å². The number of carboxylic acids is 1. The number of piperidine rings is 1. The van der Waals surface area contributed by atoms with Gasteiger partial charge in [-0.1, -0.05) is 12.1 Å². The number of aromatic nitrogens is 2. The van der Waals surface area contributed by atoms with E-state index in [2.05, 4.69) is 15.3 Å². The van der Waals surface area contributed by atoms with Gasteiger partial charge < -0.3 is 20.2 Å². The van der Waals surface area contributed by atoms with E-state index >= 15 is 0 Å². The van der Waals surface area contributed by atoms with Gasteiger partial charge in [-0.15, -0.1) is 0 Å². The molecule has 0 saturated carbocycles. The first-order valence-electron chi connectivity index (χ1n) is 13.4. The fourth-order valence-electron chi connectivity index (χ4n) is 5.09. The van der Waals surface area contributed by atoms with Gasteiger partial charge in [0.1, 0.15) is 17.7 Å². The number of carboxylic acid groups (broad SMARTS) is 1. The summed E-state index contributed by atoms with van der Waals surface area (Å²) in [6, 6.07) is 5.35. The largest absolute Gasteiger partial charge is 0.481 e. The average Bonchev–Trinajstić information content (AvgIpc) is 2.87. The number of nitrogens with one attached hydrogen (secondary N) is 1. The second-order valence-corrected chi connectivity index (χ2v) is 10.4. The molecule has 1 atom stereocenters. The summed E-state index contributed by atoms with van der Waals surface area (Å²) in [5, 5.41) is 11.5. The van der Waals surface area contributed by atoms with Crippen LogP contribution in [-0.4, -0.2) is 59.2 Å². The van der Waals surface area contributed by atoms with Crippen LogP contribution in [0.3, 0.4) is 0 Å². The third kappa shape index (κ3) is 8.00. The molecule has 1 aromatic heterocycles. The van der Waals surface area contributed by atoms with Gasteiger partial charge in [-0.25, -0.2) is 9.97 Å². The van der Waals surface area contributed by atoms with Gasteiger partial charge in [0.15, 0.2) is 0 Å². The third-order valence-electron chi connectivity index (χ3n) is 7.50. The van der Waals surface area contributed by atoms with Gasteiger partial charge in [-0.05, 0) is 62.1 Å². The standard InChI is InChI=1S/C27H31F6N5O3/c28-26(29,30)19-6-4-18(5-7-19)8-12-34-24(41)20-11-15-38(20)22-16-21(35-25(36-22)27(31,32)33)37-13-9-17(10-14-37)2-1-3-23(39)40/h4-7,16-17,20H,1-3,8-15H2,(H,34,41)(H,39,40)/t20-/m0/s1. The Bertz CT molecular complexity index is 1210. The zero-order chi connectivity index (χ0) is 29.8. The molecule has 14 heteroatoms. The maximum Gasteiger partial charge on any atom is 0.451 e. The van der Waals surface area contributed by atoms with Crippen molar-refractivity contribution >= 4 is 23.5 Å². The predicted molar refractivity (Wildman–Crippen MR) is 137 cm³/mol. The Morgan fingerprint density at radius 1 is 0.927 bits per heavy atom. The quantitative estimate of drug-likeness (QED) is 0.381. The Morgan fingerprint density at radius 3 is 2.15 bits per heavy atom. The molecule has 41 heavy (non-hydrogen) atoms. The highest BCUT2D eigenvalue weighted by Gasteiger charge is 2.40. The van der Waals surface area contributed by atoms with E-state index in [0.29, 0.717) is 63.2 Å². The molecular weight excluding hydrogens is 556 g/mol. The third-order valence-corrected chi connectivity index (χ3v) is 7.50. The minimum absolute atomic E-state index is 0.0000427. The van der Waals surface area contributed by atoms with E-state index in [-0.39, 0.29) is 24.6 Å². The van der Waals surface area contributed by atoms with E-state index in [0.717, 1.165) is 18.6 Å². The van der Waals surface area contributed by atoms with Crippen LogP contribution < -0.4 is 15.1 Å². The summed E-state index contributed by atoms with van der Waals surface area (Å²) >= 11 is 0. The maximum atomic E-state index is 13.7. The zero-order valence-corrected chi connectivity index (χ0v) is 22.1. The van der Waals surface area contributed by atoms with Crippen molar-refractivity contribution in [2.24, 2.45) is 5.92 Å². The van der Waals surface area contributed by atoms with E-state index in [1.165, 1.54) is 23.1 Å². The highest BCUT2D eigenvalue weighted by molar-refractivity contribution is 5.86. The van der Waals surface area contributed by atoms with Gasteiger partial charge in [0.25, 0.3) is 0 Å². The predicted octanol–water partition coefficient (Wildman–Crippen LogP) is 4.92. The van der Waals surface area contributed by atoms with Crippen molar-refractivity contribution in [2.75, 3.05) is 36.0 Å². The number of nitrogens with zero attached hydrogens (tertiary/aromatic N) is 4. The van der Waals surface area contributed by atoms with Crippen molar-refractivity contribution in [3.8, 4) is 0 Å². The molecule has 2 aliphatic heterocycles. The highest BCUT2D eigenvalue weighted by Crippen LogP contribution is 2.35. The van der Waals surface area contributed by atoms with Gasteiger partial charge >= 0.3 is 18.3 Å². The van der Waals surface area contributed by atoms with Gasteiger partial charge in [0.05, 0.1) is 5.56 Å². The smallest absolute Gasteiger partial charge is 0.451 e. The van der Waals surface area contributed by atoms with Gasteiger partial charge in [-0.3, -0.25) is 9.59 Å². The molecule has 4 rings (SSSR count). The topological polar surface area (TPSA) is 98.7 Å². The number of hydrogen-bond donors (Lipinski definition) is 2. The van der Waals surface area contributed by atoms with E-state index in [1.54, 1.807) is 4.90 Å². The molecule has 3 heterocycles. The number of halogens is 6. The monoisotopic (exact) mass is 587 g/mol. The van der Waals surface area contributed by atoms with Crippen molar-refractivity contribution in [3.05, 3.63) is 47.3 Å². The summed E-state index contributed by atoms with van der Waals surface area (Å²) in [5.41, 5.74) is -0.164. The molecule has 1 aromatic carbocycles. The Balaban J connectivity index is 1.37. The fourth-order valence-corrected chi connectivity index (χ4v) is 5.09. The normalized spacial score (nSPS) is 18.2. The summed E-state index contributed by atoms with van der Waals surface area (Å²) in [6.45, 7) is 1.42. The molecule has 2 N–H and O–H groups in total. The van der Waals surface area contributed by atoms with Crippen molar-refractivity contribution in [3.63, 3.8) is 0 Å². The first kappa shape index (κ1) is 30.4. The van der Waals surface area contributed by atoms with Crippen LogP contribution >= 0.6 is 0 Å². The number of rotatable bonds is 10. The molecule has 0 radical (unpaired) electrons. The van der Waals surface area contributed by atoms with Crippen molar-refractivity contribution in [2.45, 2.75) is 63.3 Å². The van der Waals surface area contributed by atoms with E-state index < -0.39 is 41.7 Å². The summed E-state index contributed by atoms with van der Waals surface area (Å²) in [7, 11) is 0. The van der Waals surface area contributed by atoms with Crippen molar-refractivity contribution in [1.29, 1.82) is 0 Å². The van der Waals surface area contributed by atoms with Crippen LogP contribution in [0.4, 0.5) is 38.0 Å². The fraction of sp³-hybridized carbons (Fsp3) is 0.556. The lowest BCUT2D eigenvalue weighted by molar-refractivity contribution is -0.145. The zero-order valence-electron chi connectivity index (χ0n) is 22.1. The highest BCUT2D eigenvalue weighted by atomic mass is 19.4. The van der Waals surface area contributed by atoms with E-state index in [9.17, 15) is 35.9 Å². The van der Waals surface area contributed by atoms with Gasteiger partial charge in [0, 0.05) is 38.7 Å². The van der Waals surface area contributed by atoms with Crippen molar-refractivity contribution in [1.82, 2.24) is 15.3 Å². The van der Waals surface area contributed by atoms with Crippen LogP contribution in [-0.2, 0) is 28.4 Å². The van der Waals surface area contributed by atoms with Gasteiger partial charge in [0.2, 0.25) is 11.7 Å². The molecule has 2 saturated heterocycles. The summed E-state index contributed by atoms with van der Waals surface area (Å²) in [4.78, 5) is 34.3. The molecular formula is C27H31F6N5O3. The number of hydrogen-bond acceptors (Lipinski definition) is 6. The molecule has 8 nitrogen and oxygen atoms in total. The van der Waals surface area contributed by atoms with Gasteiger partial charge in [-0.2, -0.15) is 26.3 Å². The Morgan fingerprint density at radius 2 is 1.59 bits per heavy atom. The number of aliphatic carboxylic acids is 1. The molecule has 0 unspecified atom stereocenters. The van der Waals surface area contributed by atoms with E-state index in [1.807, 2.05) is 0 Å². The van der Waals surface area contributed by atoms with Crippen LogP contribution in [0, 0.1) is 5.92 Å². The molecule has 0 aliphatic carbocycles. The summed E-state index contributed by atoms with van der Waals surface area (Å²) in [5.74, 6) is -2.13. The number of carbonyl (C=O) groups excluding carboxylic acids is 1. The number of amides is 1. The Hall–Kier alpha value is -3.58. The van der Waals surface area contributed by atoms with Crippen LogP contribution in [0.25, 0.3) is 0 Å². The van der Waals surface area contributed by atoms with Crippen LogP contribution in [0.15, 0.2) is 30.3 Å². The number of benzene rings is 1. The molecule has 2 aromatic rings. The lowest BCUT2D eigenvalue weighted by atomic mass is 9.91. The minimum atomic E-state index is -4.79.